The van der Waals surface area contributed by atoms with E-state index in [1.165, 1.54) is 0 Å². The summed E-state index contributed by atoms with van der Waals surface area (Å²) in [6.07, 6.45) is 2.88. The van der Waals surface area contributed by atoms with Crippen LogP contribution in [0.3, 0.4) is 0 Å². The molecule has 1 saturated heterocycles. The van der Waals surface area contributed by atoms with Crippen LogP contribution in [0.4, 0.5) is 11.8 Å². The molecule has 1 amide bonds. The van der Waals surface area contributed by atoms with Crippen molar-refractivity contribution < 1.29 is 4.79 Å². The van der Waals surface area contributed by atoms with Crippen molar-refractivity contribution >= 4 is 17.7 Å². The molecule has 1 N–H and O–H groups in total. The van der Waals surface area contributed by atoms with Gasteiger partial charge >= 0.3 is 0 Å². The summed E-state index contributed by atoms with van der Waals surface area (Å²) in [4.78, 5) is 34.4. The molecule has 3 heterocycles. The first-order valence-corrected chi connectivity index (χ1v) is 11.0. The van der Waals surface area contributed by atoms with Crippen molar-refractivity contribution in [1.82, 2.24) is 24.8 Å². The Labute approximate surface area is 188 Å². The fourth-order valence-corrected chi connectivity index (χ4v) is 3.87. The highest BCUT2D eigenvalue weighted by Crippen LogP contribution is 2.21. The van der Waals surface area contributed by atoms with Crippen LogP contribution < -0.4 is 10.2 Å². The molecule has 1 fully saturated rings. The maximum atomic E-state index is 12.6. The summed E-state index contributed by atoms with van der Waals surface area (Å²) in [7, 11) is 0. The third kappa shape index (κ3) is 5.57. The average molecular weight is 432 g/mol. The molecule has 0 aliphatic carbocycles. The number of aromatic nitrogens is 4. The van der Waals surface area contributed by atoms with E-state index in [-0.39, 0.29) is 5.91 Å². The van der Waals surface area contributed by atoms with Crippen molar-refractivity contribution in [3.8, 4) is 11.3 Å². The standard InChI is InChI=1S/C24H29N7O/c1-18-15-19(2)29-24(28-18)25-10-6-9-23(32)31-13-11-30(12-14-31)22-16-21(26-17-27-22)20-7-4-3-5-8-20/h3-5,7-8,15-17H,6,9-14H2,1-2H3,(H,25,28,29). The van der Waals surface area contributed by atoms with Crippen molar-refractivity contribution in [1.29, 1.82) is 0 Å². The fourth-order valence-electron chi connectivity index (χ4n) is 3.87. The summed E-state index contributed by atoms with van der Waals surface area (Å²) >= 11 is 0. The Balaban J connectivity index is 1.23. The number of rotatable bonds is 7. The minimum absolute atomic E-state index is 0.195. The van der Waals surface area contributed by atoms with Crippen LogP contribution in [0.5, 0.6) is 0 Å². The number of aryl methyl sites for hydroxylation is 2. The number of anilines is 2. The van der Waals surface area contributed by atoms with E-state index >= 15 is 0 Å². The summed E-state index contributed by atoms with van der Waals surface area (Å²) in [5.41, 5.74) is 3.86. The molecule has 8 nitrogen and oxygen atoms in total. The summed E-state index contributed by atoms with van der Waals surface area (Å²) in [6.45, 7) is 7.53. The van der Waals surface area contributed by atoms with Gasteiger partial charge in [-0.1, -0.05) is 30.3 Å². The number of nitrogens with zero attached hydrogens (tertiary/aromatic N) is 6. The summed E-state index contributed by atoms with van der Waals surface area (Å²) in [5.74, 6) is 1.73. The quantitative estimate of drug-likeness (QED) is 0.575. The van der Waals surface area contributed by atoms with Crippen LogP contribution in [0.25, 0.3) is 11.3 Å². The summed E-state index contributed by atoms with van der Waals surface area (Å²) < 4.78 is 0. The van der Waals surface area contributed by atoms with E-state index in [0.29, 0.717) is 32.0 Å². The number of benzene rings is 1. The Kier molecular flexibility index (Phi) is 6.89. The fraction of sp³-hybridized carbons (Fsp3) is 0.375. The maximum absolute atomic E-state index is 12.6. The van der Waals surface area contributed by atoms with Crippen LogP contribution in [-0.4, -0.2) is 63.5 Å². The molecule has 0 unspecified atom stereocenters. The van der Waals surface area contributed by atoms with Gasteiger partial charge in [0, 0.05) is 62.2 Å². The largest absolute Gasteiger partial charge is 0.354 e. The van der Waals surface area contributed by atoms with Gasteiger partial charge in [-0.2, -0.15) is 0 Å². The lowest BCUT2D eigenvalue weighted by atomic mass is 10.1. The Morgan fingerprint density at radius 2 is 1.69 bits per heavy atom. The number of nitrogens with one attached hydrogen (secondary N) is 1. The number of hydrogen-bond donors (Lipinski definition) is 1. The second-order valence-electron chi connectivity index (χ2n) is 8.00. The second-order valence-corrected chi connectivity index (χ2v) is 8.00. The molecule has 0 saturated carbocycles. The molecule has 0 atom stereocenters. The first-order valence-electron chi connectivity index (χ1n) is 11.0. The van der Waals surface area contributed by atoms with Crippen LogP contribution in [-0.2, 0) is 4.79 Å². The van der Waals surface area contributed by atoms with Crippen LogP contribution in [0.2, 0.25) is 0 Å². The smallest absolute Gasteiger partial charge is 0.223 e. The molecule has 0 radical (unpaired) electrons. The number of carbonyl (C=O) groups is 1. The van der Waals surface area contributed by atoms with Gasteiger partial charge in [-0.05, 0) is 26.3 Å². The number of carbonyl (C=O) groups excluding carboxylic acids is 1. The summed E-state index contributed by atoms with van der Waals surface area (Å²) in [5, 5.41) is 3.22. The van der Waals surface area contributed by atoms with E-state index in [1.54, 1.807) is 6.33 Å². The van der Waals surface area contributed by atoms with Crippen molar-refractivity contribution in [3.63, 3.8) is 0 Å². The predicted octanol–water partition coefficient (Wildman–Crippen LogP) is 3.09. The minimum Gasteiger partial charge on any atom is -0.354 e. The van der Waals surface area contributed by atoms with Crippen LogP contribution >= 0.6 is 0 Å². The zero-order valence-electron chi connectivity index (χ0n) is 18.7. The van der Waals surface area contributed by atoms with E-state index in [9.17, 15) is 4.79 Å². The van der Waals surface area contributed by atoms with Crippen molar-refractivity contribution in [2.75, 3.05) is 42.9 Å². The Hall–Kier alpha value is -3.55. The minimum atomic E-state index is 0.195. The highest BCUT2D eigenvalue weighted by molar-refractivity contribution is 5.76. The van der Waals surface area contributed by atoms with Gasteiger partial charge in [-0.15, -0.1) is 0 Å². The van der Waals surface area contributed by atoms with Gasteiger partial charge in [-0.3, -0.25) is 4.79 Å². The van der Waals surface area contributed by atoms with Gasteiger partial charge in [0.2, 0.25) is 11.9 Å². The van der Waals surface area contributed by atoms with Crippen LogP contribution in [0.15, 0.2) is 48.8 Å². The lowest BCUT2D eigenvalue weighted by Crippen LogP contribution is -2.49. The zero-order chi connectivity index (χ0) is 22.3. The van der Waals surface area contributed by atoms with E-state index in [0.717, 1.165) is 48.0 Å². The zero-order valence-corrected chi connectivity index (χ0v) is 18.7. The molecule has 32 heavy (non-hydrogen) atoms. The molecule has 3 aromatic rings. The van der Waals surface area contributed by atoms with Gasteiger partial charge in [0.15, 0.2) is 0 Å². The van der Waals surface area contributed by atoms with Gasteiger partial charge < -0.3 is 15.1 Å². The second kappa shape index (κ2) is 10.2. The SMILES string of the molecule is Cc1cc(C)nc(NCCCC(=O)N2CCN(c3cc(-c4ccccc4)ncn3)CC2)n1. The van der Waals surface area contributed by atoms with Gasteiger partial charge in [0.25, 0.3) is 0 Å². The van der Waals surface area contributed by atoms with Crippen molar-refractivity contribution in [3.05, 3.63) is 60.2 Å². The Morgan fingerprint density at radius 3 is 2.41 bits per heavy atom. The molecule has 0 bridgehead atoms. The molecular weight excluding hydrogens is 402 g/mol. The highest BCUT2D eigenvalue weighted by atomic mass is 16.2. The first kappa shape index (κ1) is 21.7. The normalized spacial score (nSPS) is 13.8. The molecule has 1 aliphatic heterocycles. The van der Waals surface area contributed by atoms with Crippen molar-refractivity contribution in [2.24, 2.45) is 0 Å². The highest BCUT2D eigenvalue weighted by Gasteiger charge is 2.22. The molecule has 0 spiro atoms. The summed E-state index contributed by atoms with van der Waals surface area (Å²) in [6, 6.07) is 14.1. The van der Waals surface area contributed by atoms with E-state index < -0.39 is 0 Å². The first-order chi connectivity index (χ1) is 15.6. The molecule has 1 aliphatic rings. The topological polar surface area (TPSA) is 87.1 Å². The Morgan fingerprint density at radius 1 is 0.969 bits per heavy atom. The van der Waals surface area contributed by atoms with Crippen molar-refractivity contribution in [2.45, 2.75) is 26.7 Å². The molecule has 1 aromatic carbocycles. The number of hydrogen-bond acceptors (Lipinski definition) is 7. The molecule has 4 rings (SSSR count). The van der Waals surface area contributed by atoms with E-state index in [2.05, 4.69) is 30.2 Å². The average Bonchev–Trinajstić information content (AvgIpc) is 2.82. The van der Waals surface area contributed by atoms with Gasteiger partial charge in [-0.25, -0.2) is 19.9 Å². The molecular formula is C24H29N7O. The maximum Gasteiger partial charge on any atom is 0.223 e. The van der Waals surface area contributed by atoms with E-state index in [1.807, 2.05) is 61.2 Å². The predicted molar refractivity (Wildman–Crippen MR) is 125 cm³/mol. The van der Waals surface area contributed by atoms with Crippen LogP contribution in [0.1, 0.15) is 24.2 Å². The Bertz CT molecular complexity index is 1030. The third-order valence-corrected chi connectivity index (χ3v) is 5.51. The van der Waals surface area contributed by atoms with Gasteiger partial charge in [0.1, 0.15) is 12.1 Å². The lowest BCUT2D eigenvalue weighted by Gasteiger charge is -2.35. The van der Waals surface area contributed by atoms with Gasteiger partial charge in [0.05, 0.1) is 5.69 Å². The molecule has 2 aromatic heterocycles. The number of piperazine rings is 1. The monoisotopic (exact) mass is 431 g/mol. The lowest BCUT2D eigenvalue weighted by molar-refractivity contribution is -0.131. The number of amides is 1. The molecule has 166 valence electrons. The van der Waals surface area contributed by atoms with E-state index in [4.69, 9.17) is 0 Å². The van der Waals surface area contributed by atoms with Crippen LogP contribution in [0, 0.1) is 13.8 Å². The third-order valence-electron chi connectivity index (χ3n) is 5.51. The molecule has 8 heteroatoms.